The van der Waals surface area contributed by atoms with Gasteiger partial charge in [-0.3, -0.25) is 4.79 Å². The number of benzene rings is 2. The van der Waals surface area contributed by atoms with Gasteiger partial charge in [-0.25, -0.2) is 9.37 Å². The van der Waals surface area contributed by atoms with Crippen molar-refractivity contribution in [2.75, 3.05) is 20.2 Å². The van der Waals surface area contributed by atoms with Crippen LogP contribution in [0.25, 0.3) is 22.5 Å². The van der Waals surface area contributed by atoms with E-state index < -0.39 is 0 Å². The highest BCUT2D eigenvalue weighted by Crippen LogP contribution is 2.41. The minimum atomic E-state index is -0.380. The zero-order chi connectivity index (χ0) is 19.7. The number of rotatable bonds is 5. The van der Waals surface area contributed by atoms with Crippen molar-refractivity contribution in [2.45, 2.75) is 19.4 Å². The van der Waals surface area contributed by atoms with Crippen LogP contribution in [0.2, 0.25) is 0 Å². The Kier molecular flexibility index (Phi) is 4.86. The SMILES string of the molecule is CCN1C[C@H](n2cnc(-c3ccccc3)c2-c2c(F)cccc2OC)CC1=O. The first kappa shape index (κ1) is 18.2. The molecule has 2 aromatic carbocycles. The second-order valence-corrected chi connectivity index (χ2v) is 6.82. The zero-order valence-corrected chi connectivity index (χ0v) is 15.9. The fourth-order valence-corrected chi connectivity index (χ4v) is 3.84. The number of carbonyl (C=O) groups excluding carboxylic acids is 1. The van der Waals surface area contributed by atoms with E-state index in [9.17, 15) is 9.18 Å². The lowest BCUT2D eigenvalue weighted by Gasteiger charge is -2.19. The Morgan fingerprint density at radius 3 is 2.64 bits per heavy atom. The van der Waals surface area contributed by atoms with E-state index in [1.54, 1.807) is 18.5 Å². The van der Waals surface area contributed by atoms with Crippen LogP contribution in [0.3, 0.4) is 0 Å². The number of imidazole rings is 1. The van der Waals surface area contributed by atoms with Gasteiger partial charge >= 0.3 is 0 Å². The number of likely N-dealkylation sites (tertiary alicyclic amines) is 1. The van der Waals surface area contributed by atoms with Crippen LogP contribution in [0, 0.1) is 5.82 Å². The first-order chi connectivity index (χ1) is 13.6. The molecule has 1 saturated heterocycles. The van der Waals surface area contributed by atoms with Crippen LogP contribution in [0.5, 0.6) is 5.75 Å². The van der Waals surface area contributed by atoms with Crippen LogP contribution in [0.1, 0.15) is 19.4 Å². The summed E-state index contributed by atoms with van der Waals surface area (Å²) in [7, 11) is 1.53. The fourth-order valence-electron chi connectivity index (χ4n) is 3.84. The summed E-state index contributed by atoms with van der Waals surface area (Å²) in [4.78, 5) is 18.7. The molecule has 0 bridgehead atoms. The number of hydrogen-bond donors (Lipinski definition) is 0. The molecule has 1 aliphatic rings. The molecule has 2 heterocycles. The molecule has 1 amide bonds. The lowest BCUT2D eigenvalue weighted by molar-refractivity contribution is -0.127. The van der Waals surface area contributed by atoms with Gasteiger partial charge in [0.05, 0.1) is 36.4 Å². The van der Waals surface area contributed by atoms with Crippen LogP contribution < -0.4 is 4.74 Å². The predicted octanol–water partition coefficient (Wildman–Crippen LogP) is 4.16. The maximum Gasteiger partial charge on any atom is 0.224 e. The van der Waals surface area contributed by atoms with E-state index in [4.69, 9.17) is 4.74 Å². The van der Waals surface area contributed by atoms with Crippen LogP contribution in [-0.4, -0.2) is 40.6 Å². The molecule has 0 radical (unpaired) electrons. The van der Waals surface area contributed by atoms with Crippen LogP contribution in [-0.2, 0) is 4.79 Å². The maximum atomic E-state index is 15.0. The van der Waals surface area contributed by atoms with Crippen LogP contribution in [0.4, 0.5) is 4.39 Å². The number of halogens is 1. The molecule has 0 unspecified atom stereocenters. The number of hydrogen-bond acceptors (Lipinski definition) is 3. The molecule has 1 atom stereocenters. The molecule has 6 heteroatoms. The zero-order valence-electron chi connectivity index (χ0n) is 15.9. The molecular formula is C22H22FN3O2. The van der Waals surface area contributed by atoms with Gasteiger partial charge in [0.15, 0.2) is 0 Å². The molecule has 0 spiro atoms. The number of carbonyl (C=O) groups is 1. The largest absolute Gasteiger partial charge is 0.496 e. The summed E-state index contributed by atoms with van der Waals surface area (Å²) in [6.07, 6.45) is 2.09. The average Bonchev–Trinajstić information content (AvgIpc) is 3.31. The molecule has 3 aromatic rings. The monoisotopic (exact) mass is 379 g/mol. The summed E-state index contributed by atoms with van der Waals surface area (Å²) in [6.45, 7) is 3.21. The van der Waals surface area contributed by atoms with Crippen molar-refractivity contribution in [1.29, 1.82) is 0 Å². The van der Waals surface area contributed by atoms with Gasteiger partial charge in [-0.05, 0) is 19.1 Å². The Labute approximate surface area is 163 Å². The van der Waals surface area contributed by atoms with Crippen LogP contribution >= 0.6 is 0 Å². The van der Waals surface area contributed by atoms with Gasteiger partial charge in [0.2, 0.25) is 5.91 Å². The fraction of sp³-hybridized carbons (Fsp3) is 0.273. The van der Waals surface area contributed by atoms with Crippen molar-refractivity contribution in [3.05, 3.63) is 60.7 Å². The molecule has 28 heavy (non-hydrogen) atoms. The highest BCUT2D eigenvalue weighted by molar-refractivity contribution is 5.83. The second-order valence-electron chi connectivity index (χ2n) is 6.82. The number of nitrogens with zero attached hydrogens (tertiary/aromatic N) is 3. The van der Waals surface area contributed by atoms with E-state index >= 15 is 0 Å². The van der Waals surface area contributed by atoms with Crippen LogP contribution in [0.15, 0.2) is 54.9 Å². The Balaban J connectivity index is 1.93. The van der Waals surface area contributed by atoms with Crippen molar-refractivity contribution < 1.29 is 13.9 Å². The van der Waals surface area contributed by atoms with Gasteiger partial charge in [0.1, 0.15) is 11.6 Å². The van der Waals surface area contributed by atoms with E-state index in [0.29, 0.717) is 42.2 Å². The van der Waals surface area contributed by atoms with Crippen molar-refractivity contribution in [3.63, 3.8) is 0 Å². The third kappa shape index (κ3) is 3.05. The number of methoxy groups -OCH3 is 1. The molecule has 1 fully saturated rings. The lowest BCUT2D eigenvalue weighted by Crippen LogP contribution is -2.24. The summed E-state index contributed by atoms with van der Waals surface area (Å²) in [5.41, 5.74) is 2.56. The Morgan fingerprint density at radius 2 is 1.96 bits per heavy atom. The second kappa shape index (κ2) is 7.46. The van der Waals surface area contributed by atoms with Crippen molar-refractivity contribution >= 4 is 5.91 Å². The van der Waals surface area contributed by atoms with Gasteiger partial charge in [-0.15, -0.1) is 0 Å². The van der Waals surface area contributed by atoms with E-state index in [1.807, 2.05) is 46.7 Å². The molecule has 4 rings (SSSR count). The van der Waals surface area contributed by atoms with Crippen molar-refractivity contribution in [3.8, 4) is 28.3 Å². The van der Waals surface area contributed by atoms with Gasteiger partial charge in [0.25, 0.3) is 0 Å². The number of likely N-dealkylation sites (N-methyl/N-ethyl adjacent to an activating group) is 1. The molecule has 0 N–H and O–H groups in total. The third-order valence-electron chi connectivity index (χ3n) is 5.24. The molecule has 1 aromatic heterocycles. The number of aromatic nitrogens is 2. The topological polar surface area (TPSA) is 47.4 Å². The molecular weight excluding hydrogens is 357 g/mol. The van der Waals surface area contributed by atoms with Crippen molar-refractivity contribution in [2.24, 2.45) is 0 Å². The highest BCUT2D eigenvalue weighted by Gasteiger charge is 2.33. The molecule has 0 aliphatic carbocycles. The number of ether oxygens (including phenoxy) is 1. The van der Waals surface area contributed by atoms with E-state index in [1.165, 1.54) is 13.2 Å². The first-order valence-electron chi connectivity index (χ1n) is 9.37. The standard InChI is InChI=1S/C22H22FN3O2/c1-3-25-13-16(12-19(25)27)26-14-24-21(15-8-5-4-6-9-15)22(26)20-17(23)10-7-11-18(20)28-2/h4-11,14,16H,3,12-13H2,1-2H3/t16-/m1/s1. The minimum absolute atomic E-state index is 0.100. The molecule has 0 saturated carbocycles. The lowest BCUT2D eigenvalue weighted by atomic mass is 10.0. The maximum absolute atomic E-state index is 15.0. The smallest absolute Gasteiger partial charge is 0.224 e. The van der Waals surface area contributed by atoms with E-state index in [0.717, 1.165) is 5.56 Å². The summed E-state index contributed by atoms with van der Waals surface area (Å²) >= 11 is 0. The molecule has 5 nitrogen and oxygen atoms in total. The van der Waals surface area contributed by atoms with Gasteiger partial charge in [-0.1, -0.05) is 36.4 Å². The van der Waals surface area contributed by atoms with E-state index in [2.05, 4.69) is 4.98 Å². The first-order valence-corrected chi connectivity index (χ1v) is 9.37. The Bertz CT molecular complexity index is 1000. The highest BCUT2D eigenvalue weighted by atomic mass is 19.1. The minimum Gasteiger partial charge on any atom is -0.496 e. The number of amides is 1. The summed E-state index contributed by atoms with van der Waals surface area (Å²) in [6, 6.07) is 14.4. The third-order valence-corrected chi connectivity index (χ3v) is 5.24. The normalized spacial score (nSPS) is 16.6. The van der Waals surface area contributed by atoms with E-state index in [-0.39, 0.29) is 17.8 Å². The van der Waals surface area contributed by atoms with Gasteiger partial charge in [-0.2, -0.15) is 0 Å². The Morgan fingerprint density at radius 1 is 1.18 bits per heavy atom. The van der Waals surface area contributed by atoms with Crippen molar-refractivity contribution in [1.82, 2.24) is 14.5 Å². The van der Waals surface area contributed by atoms with Gasteiger partial charge in [0, 0.05) is 25.1 Å². The Hall–Kier alpha value is -3.15. The predicted molar refractivity (Wildman–Crippen MR) is 106 cm³/mol. The summed E-state index contributed by atoms with van der Waals surface area (Å²) in [5, 5.41) is 0. The summed E-state index contributed by atoms with van der Waals surface area (Å²) in [5.74, 6) is 0.166. The molecule has 144 valence electrons. The molecule has 1 aliphatic heterocycles. The average molecular weight is 379 g/mol. The summed E-state index contributed by atoms with van der Waals surface area (Å²) < 4.78 is 22.4. The van der Waals surface area contributed by atoms with Gasteiger partial charge < -0.3 is 14.2 Å². The quantitative estimate of drug-likeness (QED) is 0.669.